The van der Waals surface area contributed by atoms with E-state index in [1.54, 1.807) is 0 Å². The van der Waals surface area contributed by atoms with Crippen LogP contribution in [0.4, 0.5) is 5.95 Å². The maximum absolute atomic E-state index is 5.77. The van der Waals surface area contributed by atoms with Crippen LogP contribution < -0.4 is 5.73 Å². The van der Waals surface area contributed by atoms with Crippen LogP contribution in [0.3, 0.4) is 0 Å². The molecule has 1 saturated heterocycles. The van der Waals surface area contributed by atoms with Gasteiger partial charge in [0, 0.05) is 32.4 Å². The van der Waals surface area contributed by atoms with E-state index >= 15 is 0 Å². The van der Waals surface area contributed by atoms with Crippen LogP contribution in [0.2, 0.25) is 0 Å². The van der Waals surface area contributed by atoms with Gasteiger partial charge in [0.2, 0.25) is 0 Å². The summed E-state index contributed by atoms with van der Waals surface area (Å²) in [6.45, 7) is 7.44. The summed E-state index contributed by atoms with van der Waals surface area (Å²) in [6.07, 6.45) is 2.03. The summed E-state index contributed by atoms with van der Waals surface area (Å²) in [5.74, 6) is 0.612. The van der Waals surface area contributed by atoms with E-state index in [1.165, 1.54) is 0 Å². The van der Waals surface area contributed by atoms with E-state index < -0.39 is 0 Å². The van der Waals surface area contributed by atoms with Crippen LogP contribution in [-0.4, -0.2) is 40.8 Å². The first kappa shape index (κ1) is 10.4. The van der Waals surface area contributed by atoms with Gasteiger partial charge in [-0.3, -0.25) is 4.90 Å². The van der Waals surface area contributed by atoms with E-state index in [-0.39, 0.29) is 0 Å². The molecule has 1 aliphatic rings. The highest BCUT2D eigenvalue weighted by Gasteiger charge is 2.12. The van der Waals surface area contributed by atoms with Crippen LogP contribution in [0.5, 0.6) is 0 Å². The first-order valence-corrected chi connectivity index (χ1v) is 5.41. The van der Waals surface area contributed by atoms with Crippen LogP contribution in [-0.2, 0) is 17.8 Å². The Morgan fingerprint density at radius 1 is 1.47 bits per heavy atom. The second-order valence-electron chi connectivity index (χ2n) is 3.76. The van der Waals surface area contributed by atoms with Crippen LogP contribution >= 0.6 is 0 Å². The number of nitrogen functional groups attached to an aromatic ring is 1. The van der Waals surface area contributed by atoms with Crippen molar-refractivity contribution in [1.82, 2.24) is 14.5 Å². The van der Waals surface area contributed by atoms with E-state index in [9.17, 15) is 0 Å². The number of aryl methyl sites for hydroxylation is 1. The summed E-state index contributed by atoms with van der Waals surface area (Å²) < 4.78 is 7.26. The lowest BCUT2D eigenvalue weighted by molar-refractivity contribution is 0.0337. The first-order chi connectivity index (χ1) is 7.29. The number of morpholine rings is 1. The maximum atomic E-state index is 5.77. The van der Waals surface area contributed by atoms with Gasteiger partial charge in [0.1, 0.15) is 0 Å². The number of ether oxygens (including phenoxy) is 1. The first-order valence-electron chi connectivity index (χ1n) is 5.41. The van der Waals surface area contributed by atoms with Gasteiger partial charge >= 0.3 is 0 Å². The third-order valence-corrected chi connectivity index (χ3v) is 2.69. The molecule has 84 valence electrons. The van der Waals surface area contributed by atoms with Crippen molar-refractivity contribution < 1.29 is 4.74 Å². The molecule has 1 aromatic rings. The number of anilines is 1. The fraction of sp³-hybridized carbons (Fsp3) is 0.700. The molecule has 0 aliphatic carbocycles. The molecular formula is C10H18N4O. The number of imidazole rings is 1. The fourth-order valence-corrected chi connectivity index (χ4v) is 1.80. The monoisotopic (exact) mass is 210 g/mol. The van der Waals surface area contributed by atoms with E-state index in [4.69, 9.17) is 10.5 Å². The van der Waals surface area contributed by atoms with Crippen LogP contribution in [0.1, 0.15) is 12.6 Å². The van der Waals surface area contributed by atoms with Crippen molar-refractivity contribution in [3.63, 3.8) is 0 Å². The molecule has 2 rings (SSSR count). The molecule has 0 amide bonds. The molecular weight excluding hydrogens is 192 g/mol. The van der Waals surface area contributed by atoms with Crippen molar-refractivity contribution in [2.24, 2.45) is 0 Å². The van der Waals surface area contributed by atoms with Crippen LogP contribution in [0.15, 0.2) is 6.20 Å². The summed E-state index contributed by atoms with van der Waals surface area (Å²) in [4.78, 5) is 6.67. The van der Waals surface area contributed by atoms with Crippen molar-refractivity contribution >= 4 is 5.95 Å². The Kier molecular flexibility index (Phi) is 3.23. The molecule has 0 bridgehead atoms. The Bertz CT molecular complexity index is 317. The minimum atomic E-state index is 0.612. The number of nitrogens with zero attached hydrogens (tertiary/aromatic N) is 3. The smallest absolute Gasteiger partial charge is 0.200 e. The van der Waals surface area contributed by atoms with Gasteiger partial charge in [-0.2, -0.15) is 0 Å². The van der Waals surface area contributed by atoms with Gasteiger partial charge in [-0.15, -0.1) is 0 Å². The van der Waals surface area contributed by atoms with Crippen molar-refractivity contribution in [3.05, 3.63) is 11.9 Å². The Labute approximate surface area is 89.8 Å². The van der Waals surface area contributed by atoms with Gasteiger partial charge in [0.25, 0.3) is 0 Å². The lowest BCUT2D eigenvalue weighted by Crippen LogP contribution is -2.35. The van der Waals surface area contributed by atoms with Crippen molar-refractivity contribution in [2.75, 3.05) is 32.0 Å². The molecule has 5 heteroatoms. The van der Waals surface area contributed by atoms with Crippen molar-refractivity contribution in [3.8, 4) is 0 Å². The highest BCUT2D eigenvalue weighted by molar-refractivity contribution is 5.21. The zero-order valence-electron chi connectivity index (χ0n) is 9.15. The number of hydrogen-bond donors (Lipinski definition) is 1. The van der Waals surface area contributed by atoms with E-state index in [0.29, 0.717) is 5.95 Å². The number of rotatable bonds is 3. The predicted octanol–water partition coefficient (Wildman–Crippen LogP) is 0.317. The Balaban J connectivity index is 1.97. The SMILES string of the molecule is CCn1cc(CN2CCOCC2)nc1N. The molecule has 5 nitrogen and oxygen atoms in total. The standard InChI is InChI=1S/C10H18N4O/c1-2-14-8-9(12-10(14)11)7-13-3-5-15-6-4-13/h8H,2-7H2,1H3,(H2,11,12). The van der Waals surface area contributed by atoms with Gasteiger partial charge in [0.05, 0.1) is 18.9 Å². The van der Waals surface area contributed by atoms with E-state index in [2.05, 4.69) is 16.8 Å². The van der Waals surface area contributed by atoms with Gasteiger partial charge in [-0.25, -0.2) is 4.98 Å². The molecule has 0 atom stereocenters. The molecule has 2 heterocycles. The van der Waals surface area contributed by atoms with Crippen LogP contribution in [0, 0.1) is 0 Å². The second kappa shape index (κ2) is 4.63. The molecule has 1 aliphatic heterocycles. The van der Waals surface area contributed by atoms with Crippen molar-refractivity contribution in [2.45, 2.75) is 20.0 Å². The summed E-state index contributed by atoms with van der Waals surface area (Å²) >= 11 is 0. The Hall–Kier alpha value is -1.07. The quantitative estimate of drug-likeness (QED) is 0.780. The largest absolute Gasteiger partial charge is 0.379 e. The summed E-state index contributed by atoms with van der Waals surface area (Å²) in [6, 6.07) is 0. The normalized spacial score (nSPS) is 18.2. The number of nitrogens with two attached hydrogens (primary N) is 1. The second-order valence-corrected chi connectivity index (χ2v) is 3.76. The predicted molar refractivity (Wildman–Crippen MR) is 58.4 cm³/mol. The highest BCUT2D eigenvalue weighted by atomic mass is 16.5. The minimum Gasteiger partial charge on any atom is -0.379 e. The van der Waals surface area contributed by atoms with E-state index in [0.717, 1.165) is 45.1 Å². The Morgan fingerprint density at radius 2 is 2.20 bits per heavy atom. The number of aromatic nitrogens is 2. The maximum Gasteiger partial charge on any atom is 0.200 e. The summed E-state index contributed by atoms with van der Waals surface area (Å²) in [5, 5.41) is 0. The van der Waals surface area contributed by atoms with Crippen LogP contribution in [0.25, 0.3) is 0 Å². The zero-order chi connectivity index (χ0) is 10.7. The molecule has 15 heavy (non-hydrogen) atoms. The summed E-state index contributed by atoms with van der Waals surface area (Å²) in [5.41, 5.74) is 6.82. The lowest BCUT2D eigenvalue weighted by Gasteiger charge is -2.25. The average molecular weight is 210 g/mol. The topological polar surface area (TPSA) is 56.3 Å². The molecule has 2 N–H and O–H groups in total. The fourth-order valence-electron chi connectivity index (χ4n) is 1.80. The third kappa shape index (κ3) is 2.49. The molecule has 0 spiro atoms. The average Bonchev–Trinajstić information content (AvgIpc) is 2.60. The zero-order valence-corrected chi connectivity index (χ0v) is 9.15. The molecule has 1 fully saturated rings. The van der Waals surface area contributed by atoms with E-state index in [1.807, 2.05) is 10.8 Å². The molecule has 1 aromatic heterocycles. The lowest BCUT2D eigenvalue weighted by atomic mass is 10.3. The molecule has 0 radical (unpaired) electrons. The Morgan fingerprint density at radius 3 is 2.80 bits per heavy atom. The van der Waals surface area contributed by atoms with Gasteiger partial charge in [-0.05, 0) is 6.92 Å². The highest BCUT2D eigenvalue weighted by Crippen LogP contribution is 2.09. The minimum absolute atomic E-state index is 0.612. The number of hydrogen-bond acceptors (Lipinski definition) is 4. The van der Waals surface area contributed by atoms with Gasteiger partial charge in [0.15, 0.2) is 5.95 Å². The van der Waals surface area contributed by atoms with Crippen molar-refractivity contribution in [1.29, 1.82) is 0 Å². The third-order valence-electron chi connectivity index (χ3n) is 2.69. The molecule has 0 aromatic carbocycles. The van der Waals surface area contributed by atoms with Gasteiger partial charge < -0.3 is 15.0 Å². The molecule has 0 saturated carbocycles. The van der Waals surface area contributed by atoms with Gasteiger partial charge in [-0.1, -0.05) is 0 Å². The molecule has 0 unspecified atom stereocenters. The summed E-state index contributed by atoms with van der Waals surface area (Å²) in [7, 11) is 0.